The molecule has 6 fully saturated rings. The predicted octanol–water partition coefficient (Wildman–Crippen LogP) is 8.30. The number of aliphatic carboxylic acids is 1. The minimum atomic E-state index is -0.931. The summed E-state index contributed by atoms with van der Waals surface area (Å²) < 4.78 is 12.4. The van der Waals surface area contributed by atoms with Gasteiger partial charge in [-0.25, -0.2) is 19.9 Å². The number of likely N-dealkylation sites (tertiary alicyclic amines) is 2. The lowest BCUT2D eigenvalue weighted by Gasteiger charge is -2.39. The molecule has 1 saturated carbocycles. The van der Waals surface area contributed by atoms with E-state index in [1.54, 1.807) is 64.6 Å². The molecule has 14 rings (SSSR count). The van der Waals surface area contributed by atoms with Crippen LogP contribution in [0.2, 0.25) is 0 Å². The zero-order chi connectivity index (χ0) is 101. The van der Waals surface area contributed by atoms with Crippen LogP contribution in [0.15, 0.2) is 113 Å². The topological polar surface area (TPSA) is 427 Å². The Balaban J connectivity index is 0.000000228. The molecule has 754 valence electrons. The number of esters is 2. The van der Waals surface area contributed by atoms with Gasteiger partial charge in [-0.2, -0.15) is 0 Å². The number of aliphatic hydroxyl groups is 2. The molecule has 0 spiro atoms. The number of amides is 7. The number of hydrogen-bond acceptors (Lipinski definition) is 28. The number of carboxylic acids is 1. The van der Waals surface area contributed by atoms with E-state index < -0.39 is 76.2 Å². The number of aliphatic hydroxyl groups excluding tert-OH is 2. The highest BCUT2D eigenvalue weighted by atomic mass is 32.1. The maximum absolute atomic E-state index is 14.2. The van der Waals surface area contributed by atoms with Crippen LogP contribution in [-0.4, -0.2) is 310 Å². The average Bonchev–Trinajstić information content (AvgIpc) is 1.03. The van der Waals surface area contributed by atoms with Crippen LogP contribution >= 0.6 is 22.7 Å². The number of pyridine rings is 2. The number of ether oxygens (including phenoxy) is 2. The average molecular weight is 1960 g/mol. The number of fused-ring (bicyclic) bond motifs is 1. The Morgan fingerprint density at radius 1 is 0.507 bits per heavy atom. The van der Waals surface area contributed by atoms with Crippen molar-refractivity contribution in [3.8, 4) is 20.9 Å². The van der Waals surface area contributed by atoms with E-state index in [0.29, 0.717) is 102 Å². The molecule has 7 amide bonds. The molecule has 5 aromatic heterocycles. The summed E-state index contributed by atoms with van der Waals surface area (Å²) >= 11 is 3.15. The number of carboxylic acid groups (broad SMARTS) is 1. The second-order valence-corrected chi connectivity index (χ2v) is 43.2. The lowest BCUT2D eigenvalue weighted by Crippen LogP contribution is -2.59. The first-order chi connectivity index (χ1) is 66.2. The third-order valence-corrected chi connectivity index (χ3v) is 27.8. The van der Waals surface area contributed by atoms with Gasteiger partial charge in [0.05, 0.1) is 107 Å². The number of β-amino-alcohol motifs (C(OH)–C–C–N with tert-alkyl or cyclic N) is 2. The summed E-state index contributed by atoms with van der Waals surface area (Å²) in [6.07, 6.45) is 6.48. The largest absolute Gasteiger partial charge is 0.481 e. The van der Waals surface area contributed by atoms with Gasteiger partial charge in [-0.1, -0.05) is 127 Å². The lowest BCUT2D eigenvalue weighted by molar-refractivity contribution is -0.157. The highest BCUT2D eigenvalue weighted by molar-refractivity contribution is 7.13. The molecule has 6 atom stereocenters. The maximum atomic E-state index is 14.2. The summed E-state index contributed by atoms with van der Waals surface area (Å²) in [6, 6.07) is 23.2. The number of carbonyl (C=O) groups excluding carboxylic acids is 10. The number of hydrogen-bond donors (Lipinski definition) is 7. The van der Waals surface area contributed by atoms with Crippen LogP contribution in [0.4, 0.5) is 5.69 Å². The van der Waals surface area contributed by atoms with Gasteiger partial charge in [0.25, 0.3) is 5.56 Å². The van der Waals surface area contributed by atoms with Crippen molar-refractivity contribution in [2.75, 3.05) is 123 Å². The van der Waals surface area contributed by atoms with Crippen LogP contribution in [-0.2, 0) is 89.8 Å². The van der Waals surface area contributed by atoms with E-state index in [0.717, 1.165) is 97.0 Å². The van der Waals surface area contributed by atoms with Gasteiger partial charge in [0.2, 0.25) is 41.4 Å². The van der Waals surface area contributed by atoms with E-state index in [1.807, 2.05) is 194 Å². The Hall–Kier alpha value is -11.7. The molecule has 5 aliphatic heterocycles. The Labute approximate surface area is 827 Å². The fourth-order valence-corrected chi connectivity index (χ4v) is 20.0. The van der Waals surface area contributed by atoms with Crippen molar-refractivity contribution in [3.05, 3.63) is 175 Å². The van der Waals surface area contributed by atoms with Crippen molar-refractivity contribution in [1.29, 1.82) is 0 Å². The van der Waals surface area contributed by atoms with Gasteiger partial charge >= 0.3 is 17.9 Å². The molecule has 0 radical (unpaired) electrons. The van der Waals surface area contributed by atoms with Crippen LogP contribution in [0.5, 0.6) is 0 Å². The summed E-state index contributed by atoms with van der Waals surface area (Å²) in [5.41, 5.74) is 11.6. The van der Waals surface area contributed by atoms with Crippen molar-refractivity contribution in [1.82, 2.24) is 85.1 Å². The van der Waals surface area contributed by atoms with Gasteiger partial charge in [-0.05, 0) is 144 Å². The number of aromatic nitrogens is 6. The normalized spacial score (nSPS) is 18.6. The number of rotatable bonds is 29. The molecular weight excluding hydrogens is 1830 g/mol. The van der Waals surface area contributed by atoms with Crippen LogP contribution in [0.1, 0.15) is 196 Å². The second-order valence-electron chi connectivity index (χ2n) is 41.5. The summed E-state index contributed by atoms with van der Waals surface area (Å²) in [5, 5.41) is 42.3. The van der Waals surface area contributed by atoms with Crippen molar-refractivity contribution < 1.29 is 77.5 Å². The number of Topliss-reactive ketones (excluding diaryl/α,β-unsaturated/α-hetero) is 1. The van der Waals surface area contributed by atoms with Gasteiger partial charge < -0.3 is 65.7 Å². The van der Waals surface area contributed by atoms with Crippen LogP contribution in [0.25, 0.3) is 31.9 Å². The minimum absolute atomic E-state index is 0.00478. The lowest BCUT2D eigenvalue weighted by atomic mass is 9.85. The summed E-state index contributed by atoms with van der Waals surface area (Å²) in [6.45, 7) is 37.9. The first-order valence-electron chi connectivity index (χ1n) is 48.3. The number of thiazole rings is 2. The first kappa shape index (κ1) is 107. The van der Waals surface area contributed by atoms with Crippen molar-refractivity contribution in [3.63, 3.8) is 0 Å². The Bertz CT molecular complexity index is 5760. The molecule has 8 aromatic rings. The molecule has 7 N–H and O–H groups in total. The maximum Gasteiger partial charge on any atom is 0.320 e. The molecule has 140 heavy (non-hydrogen) atoms. The third-order valence-electron chi connectivity index (χ3n) is 25.8. The van der Waals surface area contributed by atoms with Gasteiger partial charge in [0, 0.05) is 141 Å². The molecule has 0 unspecified atom stereocenters. The van der Waals surface area contributed by atoms with E-state index in [9.17, 15) is 67.7 Å². The van der Waals surface area contributed by atoms with Gasteiger partial charge in [0.1, 0.15) is 46.8 Å². The summed E-state index contributed by atoms with van der Waals surface area (Å²) in [4.78, 5) is 196. The van der Waals surface area contributed by atoms with E-state index in [2.05, 4.69) is 46.0 Å². The summed E-state index contributed by atoms with van der Waals surface area (Å²) in [7, 11) is 0. The number of aryl methyl sites for hydroxylation is 3. The van der Waals surface area contributed by atoms with E-state index in [4.69, 9.17) is 24.5 Å². The predicted molar refractivity (Wildman–Crippen MR) is 534 cm³/mol. The Kier molecular flexibility index (Phi) is 36.2. The zero-order valence-electron chi connectivity index (χ0n) is 83.6. The number of benzene rings is 3. The monoisotopic (exact) mass is 1960 g/mol. The molecule has 10 heterocycles. The SMILES string of the molecule is CC(=O)c1c(C)c2cnc(Cc3ccc(N4CCN(C(=O)CN5CCN(CC(=O)N[C@H](C(=O)N6C[C@H](O)C[C@H]6C(=O)NCc6ccc(-c7scnc7C)cc6)C(C)(C)C)CC5)CC4)cn3)nc2n(C2CCCC2)c1=O.CC(C)(C)OC(=O)Cc1ccc(CC(=O)O)cc1.Cc1ncsc1-c1ccc(CNC(=O)[C@@H]2C[C@@H](O)CN2C(=O)[C@@H](NC(=O)CN2CCN(CC(=O)OC(C)(C)C)CC2)C(C)(C)C)cc1. The molecule has 1 aliphatic carbocycles. The highest BCUT2D eigenvalue weighted by Gasteiger charge is 2.47. The molecule has 5 saturated heterocycles. The van der Waals surface area contributed by atoms with Crippen LogP contribution in [0.3, 0.4) is 0 Å². The fourth-order valence-electron chi connectivity index (χ4n) is 18.4. The summed E-state index contributed by atoms with van der Waals surface area (Å²) in [5.74, 6) is -3.16. The van der Waals surface area contributed by atoms with E-state index in [-0.39, 0.29) is 142 Å². The number of carbonyl (C=O) groups is 11. The fraction of sp³-hybridized carbons (Fsp3) is 0.544. The van der Waals surface area contributed by atoms with Crippen molar-refractivity contribution >= 4 is 104 Å². The molecule has 3 aromatic carbocycles. The molecule has 6 aliphatic rings. The Morgan fingerprint density at radius 3 is 1.36 bits per heavy atom. The molecule has 0 bridgehead atoms. The van der Waals surface area contributed by atoms with Crippen molar-refractivity contribution in [2.24, 2.45) is 10.8 Å². The standard InChI is InChI=1S/C55H70N12O7S.C34H50N6O6S.C14H18O4/c1-34-43-29-57-45(60-51(43)67(40-9-7-8-10-40)53(73)48(34)36(3)68)25-39-15-16-41(28-56-39)64-21-23-65(24-22-64)47(71)32-63-19-17-62(18-20-63)31-46(70)61-50(55(4,5)6)54(74)66-30-42(69)26-44(66)52(72)58-27-37-11-13-38(14-12-37)49-35(2)59-33-75-49;1-22-29(47-21-36-22)24-10-8-23(9-11-24)17-35-31(44)26-16-25(41)18-40(26)32(45)30(33(2,3)4)37-27(42)19-38-12-14-39(15-13-38)20-28(43)46-34(5,6)7;1-14(2,3)18-13(17)9-11-6-4-10(5-7-11)8-12(15)16/h11-16,28-29,33,40,42,44,50,69H,7-10,17-27,30-32H2,1-6H3,(H,58,72)(H,61,70);8-11,21,25-26,30,41H,12-20H2,1-7H3,(H,35,44)(H,37,42);4-7H,8-9H2,1-3H3,(H,15,16)/t42-,44+,50-;25-,26+,30-;/m11./s1. The number of piperazine rings is 3. The number of anilines is 1. The highest BCUT2D eigenvalue weighted by Crippen LogP contribution is 2.35. The quantitative estimate of drug-likeness (QED) is 0.0171. The van der Waals surface area contributed by atoms with Crippen LogP contribution < -0.4 is 31.7 Å². The van der Waals surface area contributed by atoms with Gasteiger partial charge in [-0.15, -0.1) is 22.7 Å². The number of nitrogens with zero attached hydrogens (tertiary/aromatic N) is 14. The van der Waals surface area contributed by atoms with E-state index in [1.165, 1.54) is 16.7 Å². The van der Waals surface area contributed by atoms with Gasteiger partial charge in [0.15, 0.2) is 5.78 Å². The van der Waals surface area contributed by atoms with E-state index >= 15 is 0 Å². The van der Waals surface area contributed by atoms with Crippen LogP contribution in [0, 0.1) is 31.6 Å². The molecule has 35 nitrogen and oxygen atoms in total. The smallest absolute Gasteiger partial charge is 0.320 e. The first-order valence-corrected chi connectivity index (χ1v) is 50.1. The van der Waals surface area contributed by atoms with Crippen molar-refractivity contribution in [2.45, 2.75) is 235 Å². The number of nitrogens with one attached hydrogen (secondary N) is 4. The number of ketones is 1. The van der Waals surface area contributed by atoms with Gasteiger partial charge in [-0.3, -0.25) is 86.7 Å². The zero-order valence-corrected chi connectivity index (χ0v) is 85.2. The Morgan fingerprint density at radius 2 is 0.943 bits per heavy atom. The molecular formula is C103H138N18O17S2. The third kappa shape index (κ3) is 29.7. The minimum Gasteiger partial charge on any atom is -0.481 e. The second kappa shape index (κ2) is 47.2. The molecule has 37 heteroatoms.